The lowest BCUT2D eigenvalue weighted by molar-refractivity contribution is 0.0497. The number of hydrazine groups is 1. The molecule has 1 aliphatic heterocycles. The number of rotatable bonds is 3. The Bertz CT molecular complexity index is 360. The van der Waals surface area contributed by atoms with E-state index >= 15 is 0 Å². The average Bonchev–Trinajstić information content (AvgIpc) is 2.31. The minimum atomic E-state index is 0.429. The van der Waals surface area contributed by atoms with Gasteiger partial charge >= 0.3 is 0 Å². The maximum absolute atomic E-state index is 5.53. The summed E-state index contributed by atoms with van der Waals surface area (Å²) in [5.74, 6) is 0. The normalized spacial score (nSPS) is 17.0. The Morgan fingerprint density at radius 3 is 2.44 bits per heavy atom. The van der Waals surface area contributed by atoms with E-state index in [4.69, 9.17) is 22.7 Å². The van der Waals surface area contributed by atoms with Crippen LogP contribution in [0.5, 0.6) is 0 Å². The Hall–Kier alpha value is -1.17. The topological polar surface area (TPSA) is 50.5 Å². The number of hydrogen-bond donors (Lipinski definition) is 2. The highest BCUT2D eigenvalue weighted by Crippen LogP contribution is 2.11. The molecule has 0 saturated carbocycles. The lowest BCUT2D eigenvalue weighted by Crippen LogP contribution is -2.40. The number of nitrogens with two attached hydrogens (primary N) is 1. The zero-order valence-corrected chi connectivity index (χ0v) is 9.80. The first-order valence-corrected chi connectivity index (χ1v) is 5.66. The minimum absolute atomic E-state index is 0.429. The van der Waals surface area contributed by atoms with Gasteiger partial charge in [0.25, 0.3) is 0 Å². The second-order valence-corrected chi connectivity index (χ2v) is 4.09. The van der Waals surface area contributed by atoms with Gasteiger partial charge in [-0.1, -0.05) is 12.2 Å². The molecule has 0 aliphatic carbocycles. The van der Waals surface area contributed by atoms with E-state index in [-0.39, 0.29) is 0 Å². The number of nitrogens with zero attached hydrogens (tertiary/aromatic N) is 1. The van der Waals surface area contributed by atoms with Crippen LogP contribution in [0.3, 0.4) is 0 Å². The van der Waals surface area contributed by atoms with Crippen molar-refractivity contribution in [3.63, 3.8) is 0 Å². The molecule has 16 heavy (non-hydrogen) atoms. The number of hydrogen-bond acceptors (Lipinski definition) is 4. The van der Waals surface area contributed by atoms with Crippen LogP contribution in [0.2, 0.25) is 0 Å². The second-order valence-electron chi connectivity index (χ2n) is 3.65. The largest absolute Gasteiger partial charge is 0.389 e. The summed E-state index contributed by atoms with van der Waals surface area (Å²) in [7, 11) is 0. The molecule has 1 aliphatic rings. The summed E-state index contributed by atoms with van der Waals surface area (Å²) in [5.41, 5.74) is 10.8. The summed E-state index contributed by atoms with van der Waals surface area (Å²) >= 11 is 4.90. The van der Waals surface area contributed by atoms with E-state index in [0.29, 0.717) is 4.99 Å². The molecule has 3 N–H and O–H groups in total. The molecule has 86 valence electrons. The molecular weight excluding hydrogens is 222 g/mol. The fourth-order valence-electron chi connectivity index (χ4n) is 1.57. The molecule has 1 aromatic rings. The van der Waals surface area contributed by atoms with Gasteiger partial charge in [0.2, 0.25) is 0 Å². The summed E-state index contributed by atoms with van der Waals surface area (Å²) < 4.78 is 5.27. The van der Waals surface area contributed by atoms with Crippen molar-refractivity contribution in [2.75, 3.05) is 31.7 Å². The molecule has 1 saturated heterocycles. The van der Waals surface area contributed by atoms with Gasteiger partial charge < -0.3 is 15.9 Å². The molecule has 0 amide bonds. The van der Waals surface area contributed by atoms with Crippen LogP contribution in [0.1, 0.15) is 5.56 Å². The van der Waals surface area contributed by atoms with Gasteiger partial charge in [-0.2, -0.15) is 0 Å². The molecule has 0 spiro atoms. The quantitative estimate of drug-likeness (QED) is 0.768. The third-order valence-corrected chi connectivity index (χ3v) is 2.70. The number of benzene rings is 1. The number of morpholine rings is 1. The smallest absolute Gasteiger partial charge is 0.103 e. The van der Waals surface area contributed by atoms with Crippen molar-refractivity contribution in [3.8, 4) is 0 Å². The van der Waals surface area contributed by atoms with Crippen molar-refractivity contribution in [1.82, 2.24) is 5.01 Å². The summed E-state index contributed by atoms with van der Waals surface area (Å²) in [6.07, 6.45) is 0. The van der Waals surface area contributed by atoms with E-state index < -0.39 is 0 Å². The van der Waals surface area contributed by atoms with Crippen LogP contribution < -0.4 is 11.2 Å². The third-order valence-electron chi connectivity index (χ3n) is 2.47. The van der Waals surface area contributed by atoms with E-state index in [1.54, 1.807) is 0 Å². The minimum Gasteiger partial charge on any atom is -0.389 e. The highest BCUT2D eigenvalue weighted by atomic mass is 32.1. The highest BCUT2D eigenvalue weighted by Gasteiger charge is 2.09. The van der Waals surface area contributed by atoms with E-state index in [2.05, 4.69) is 10.4 Å². The Morgan fingerprint density at radius 2 is 1.88 bits per heavy atom. The van der Waals surface area contributed by atoms with Crippen molar-refractivity contribution in [2.45, 2.75) is 0 Å². The van der Waals surface area contributed by atoms with Crippen LogP contribution in [0, 0.1) is 0 Å². The summed E-state index contributed by atoms with van der Waals surface area (Å²) in [5, 5.41) is 2.14. The molecular formula is C11H15N3OS. The van der Waals surface area contributed by atoms with Crippen molar-refractivity contribution in [2.24, 2.45) is 5.73 Å². The zero-order valence-electron chi connectivity index (χ0n) is 8.98. The van der Waals surface area contributed by atoms with Gasteiger partial charge in [-0.3, -0.25) is 0 Å². The Balaban J connectivity index is 1.96. The predicted molar refractivity (Wildman–Crippen MR) is 68.3 cm³/mol. The van der Waals surface area contributed by atoms with Crippen LogP contribution in [-0.4, -0.2) is 36.3 Å². The van der Waals surface area contributed by atoms with Crippen LogP contribution in [-0.2, 0) is 4.74 Å². The molecule has 1 aromatic carbocycles. The van der Waals surface area contributed by atoms with Crippen molar-refractivity contribution in [3.05, 3.63) is 29.8 Å². The maximum Gasteiger partial charge on any atom is 0.103 e. The molecule has 0 aromatic heterocycles. The van der Waals surface area contributed by atoms with E-state index in [1.165, 1.54) is 0 Å². The predicted octanol–water partition coefficient (Wildman–Crippen LogP) is 0.980. The maximum atomic E-state index is 5.53. The van der Waals surface area contributed by atoms with Crippen molar-refractivity contribution >= 4 is 22.9 Å². The van der Waals surface area contributed by atoms with Gasteiger partial charge in [0.05, 0.1) is 13.2 Å². The van der Waals surface area contributed by atoms with Crippen LogP contribution in [0.4, 0.5) is 5.69 Å². The van der Waals surface area contributed by atoms with Gasteiger partial charge in [0.1, 0.15) is 4.99 Å². The van der Waals surface area contributed by atoms with Gasteiger partial charge in [0.15, 0.2) is 0 Å². The van der Waals surface area contributed by atoms with Gasteiger partial charge in [-0.25, -0.2) is 5.01 Å². The number of anilines is 1. The Morgan fingerprint density at radius 1 is 1.25 bits per heavy atom. The van der Waals surface area contributed by atoms with Gasteiger partial charge in [0, 0.05) is 24.3 Å². The number of thiocarbonyl (C=S) groups is 1. The van der Waals surface area contributed by atoms with E-state index in [9.17, 15) is 0 Å². The second kappa shape index (κ2) is 5.25. The molecule has 0 radical (unpaired) electrons. The Labute approximate surface area is 100 Å². The molecule has 2 rings (SSSR count). The third kappa shape index (κ3) is 2.91. The van der Waals surface area contributed by atoms with Crippen LogP contribution >= 0.6 is 12.2 Å². The highest BCUT2D eigenvalue weighted by molar-refractivity contribution is 7.80. The van der Waals surface area contributed by atoms with Crippen LogP contribution in [0.25, 0.3) is 0 Å². The molecule has 4 nitrogen and oxygen atoms in total. The zero-order chi connectivity index (χ0) is 11.4. The van der Waals surface area contributed by atoms with Gasteiger partial charge in [-0.05, 0) is 24.3 Å². The SMILES string of the molecule is NC(=S)c1ccc(NN2CCOCC2)cc1. The van der Waals surface area contributed by atoms with E-state index in [1.807, 2.05) is 24.3 Å². The first-order valence-electron chi connectivity index (χ1n) is 5.25. The average molecular weight is 237 g/mol. The van der Waals surface area contributed by atoms with E-state index in [0.717, 1.165) is 37.6 Å². The lowest BCUT2D eigenvalue weighted by atomic mass is 10.2. The standard InChI is InChI=1S/C11H15N3OS/c12-11(16)9-1-3-10(4-2-9)13-14-5-7-15-8-6-14/h1-4,13H,5-8H2,(H2,12,16). The fourth-order valence-corrected chi connectivity index (χ4v) is 1.70. The number of nitrogens with one attached hydrogen (secondary N) is 1. The summed E-state index contributed by atoms with van der Waals surface area (Å²) in [6.45, 7) is 3.35. The molecule has 0 atom stereocenters. The first kappa shape index (κ1) is 11.3. The molecule has 5 heteroatoms. The lowest BCUT2D eigenvalue weighted by Gasteiger charge is -2.27. The van der Waals surface area contributed by atoms with Crippen molar-refractivity contribution < 1.29 is 4.74 Å². The number of ether oxygens (including phenoxy) is 1. The van der Waals surface area contributed by atoms with Gasteiger partial charge in [-0.15, -0.1) is 0 Å². The molecule has 1 heterocycles. The molecule has 0 bridgehead atoms. The molecule has 1 fully saturated rings. The summed E-state index contributed by atoms with van der Waals surface area (Å²) in [4.78, 5) is 0.429. The van der Waals surface area contributed by atoms with Crippen LogP contribution in [0.15, 0.2) is 24.3 Å². The molecule has 0 unspecified atom stereocenters. The Kier molecular flexibility index (Phi) is 3.71. The van der Waals surface area contributed by atoms with Crippen molar-refractivity contribution in [1.29, 1.82) is 0 Å². The fraction of sp³-hybridized carbons (Fsp3) is 0.364. The monoisotopic (exact) mass is 237 g/mol. The summed E-state index contributed by atoms with van der Waals surface area (Å²) in [6, 6.07) is 7.80. The first-order chi connectivity index (χ1) is 7.75.